The number of piperazine rings is 1. The van der Waals surface area contributed by atoms with Crippen molar-refractivity contribution >= 4 is 22.7 Å². The second kappa shape index (κ2) is 9.66. The van der Waals surface area contributed by atoms with E-state index >= 15 is 0 Å². The number of aromatic nitrogens is 1. The van der Waals surface area contributed by atoms with Crippen LogP contribution in [0.5, 0.6) is 11.5 Å². The first kappa shape index (κ1) is 24.5. The van der Waals surface area contributed by atoms with E-state index in [-0.39, 0.29) is 24.4 Å². The maximum absolute atomic E-state index is 14.3. The number of nitrogens with zero attached hydrogens (tertiary/aromatic N) is 3. The van der Waals surface area contributed by atoms with Crippen molar-refractivity contribution in [3.05, 3.63) is 95.2 Å². The van der Waals surface area contributed by atoms with Gasteiger partial charge < -0.3 is 24.3 Å². The molecule has 8 nitrogen and oxygen atoms in total. The third-order valence-corrected chi connectivity index (χ3v) is 9.11. The van der Waals surface area contributed by atoms with Gasteiger partial charge in [0.15, 0.2) is 11.5 Å². The number of H-pyrrole nitrogens is 1. The van der Waals surface area contributed by atoms with Crippen LogP contribution in [-0.4, -0.2) is 76.4 Å². The fraction of sp³-hybridized carbons (Fsp3) is 0.333. The normalized spacial score (nSPS) is 24.0. The predicted molar refractivity (Wildman–Crippen MR) is 154 cm³/mol. The summed E-state index contributed by atoms with van der Waals surface area (Å²) in [6.45, 7) is 3.66. The minimum Gasteiger partial charge on any atom is -0.486 e. The summed E-state index contributed by atoms with van der Waals surface area (Å²) in [4.78, 5) is 38.1. The molecule has 1 aromatic heterocycles. The maximum atomic E-state index is 14.3. The Balaban J connectivity index is 1.14. The van der Waals surface area contributed by atoms with Crippen molar-refractivity contribution in [2.75, 3.05) is 32.8 Å². The van der Waals surface area contributed by atoms with Crippen LogP contribution < -0.4 is 9.47 Å². The lowest BCUT2D eigenvalue weighted by Gasteiger charge is -2.48. The van der Waals surface area contributed by atoms with Crippen LogP contribution in [0.4, 0.5) is 0 Å². The number of amides is 2. The molecule has 41 heavy (non-hydrogen) atoms. The van der Waals surface area contributed by atoms with Gasteiger partial charge in [0, 0.05) is 48.7 Å². The summed E-state index contributed by atoms with van der Waals surface area (Å²) in [5.74, 6) is 1.42. The number of carbonyl (C=O) groups is 2. The number of para-hydroxylation sites is 1. The Hall–Kier alpha value is -4.30. The molecule has 8 heteroatoms. The van der Waals surface area contributed by atoms with E-state index < -0.39 is 12.1 Å². The first-order valence-electron chi connectivity index (χ1n) is 14.5. The van der Waals surface area contributed by atoms with Gasteiger partial charge in [-0.15, -0.1) is 0 Å². The zero-order valence-electron chi connectivity index (χ0n) is 22.8. The molecule has 0 aliphatic carbocycles. The Kier molecular flexibility index (Phi) is 5.77. The molecule has 208 valence electrons. The second-order valence-electron chi connectivity index (χ2n) is 11.5. The Morgan fingerprint density at radius 2 is 1.71 bits per heavy atom. The monoisotopic (exact) mass is 548 g/mol. The molecule has 0 radical (unpaired) electrons. The minimum absolute atomic E-state index is 0.0136. The van der Waals surface area contributed by atoms with Crippen molar-refractivity contribution in [2.45, 2.75) is 37.5 Å². The number of rotatable bonds is 4. The molecule has 0 saturated carbocycles. The molecule has 1 N–H and O–H groups in total. The van der Waals surface area contributed by atoms with Gasteiger partial charge in [-0.1, -0.05) is 54.6 Å². The molecule has 3 aromatic carbocycles. The summed E-state index contributed by atoms with van der Waals surface area (Å²) in [6, 6.07) is 23.6. The highest BCUT2D eigenvalue weighted by Gasteiger charge is 2.50. The first-order valence-corrected chi connectivity index (χ1v) is 14.5. The van der Waals surface area contributed by atoms with E-state index in [1.165, 1.54) is 5.56 Å². The summed E-state index contributed by atoms with van der Waals surface area (Å²) in [5.41, 5.74) is 5.28. The van der Waals surface area contributed by atoms with Crippen LogP contribution in [0.2, 0.25) is 0 Å². The van der Waals surface area contributed by atoms with Crippen LogP contribution in [0.3, 0.4) is 0 Å². The predicted octanol–water partition coefficient (Wildman–Crippen LogP) is 3.90. The van der Waals surface area contributed by atoms with E-state index in [4.69, 9.17) is 9.47 Å². The molecule has 5 heterocycles. The lowest BCUT2D eigenvalue weighted by atomic mass is 9.85. The van der Waals surface area contributed by atoms with Gasteiger partial charge in [0.1, 0.15) is 25.8 Å². The molecule has 0 bridgehead atoms. The highest BCUT2D eigenvalue weighted by Crippen LogP contribution is 2.45. The number of nitrogens with one attached hydrogen (secondary N) is 1. The van der Waals surface area contributed by atoms with Gasteiger partial charge in [0.2, 0.25) is 11.8 Å². The van der Waals surface area contributed by atoms with Gasteiger partial charge in [-0.05, 0) is 41.3 Å². The summed E-state index contributed by atoms with van der Waals surface area (Å²) >= 11 is 0. The number of hydrogen-bond donors (Lipinski definition) is 1. The fourth-order valence-electron chi connectivity index (χ4n) is 7.22. The van der Waals surface area contributed by atoms with Gasteiger partial charge in [0.25, 0.3) is 0 Å². The van der Waals surface area contributed by atoms with Crippen LogP contribution in [0.25, 0.3) is 10.9 Å². The molecule has 2 saturated heterocycles. The lowest BCUT2D eigenvalue weighted by molar-refractivity contribution is -0.160. The average molecular weight is 549 g/mol. The molecule has 4 aliphatic rings. The van der Waals surface area contributed by atoms with Crippen LogP contribution in [0, 0.1) is 0 Å². The Bertz CT molecular complexity index is 1650. The molecule has 4 aromatic rings. The van der Waals surface area contributed by atoms with Gasteiger partial charge >= 0.3 is 0 Å². The third kappa shape index (κ3) is 4.08. The van der Waals surface area contributed by atoms with Crippen LogP contribution in [0.1, 0.15) is 34.8 Å². The molecule has 0 spiro atoms. The quantitative estimate of drug-likeness (QED) is 0.419. The summed E-state index contributed by atoms with van der Waals surface area (Å²) in [5, 5.41) is 1.11. The van der Waals surface area contributed by atoms with E-state index in [0.717, 1.165) is 53.8 Å². The zero-order chi connectivity index (χ0) is 27.5. The molecule has 2 fully saturated rings. The molecular formula is C33H32N4O4. The summed E-state index contributed by atoms with van der Waals surface area (Å²) < 4.78 is 11.7. The van der Waals surface area contributed by atoms with Crippen LogP contribution >= 0.6 is 0 Å². The molecule has 4 aliphatic heterocycles. The minimum atomic E-state index is -0.552. The molecule has 3 atom stereocenters. The van der Waals surface area contributed by atoms with E-state index in [2.05, 4.69) is 46.3 Å². The van der Waals surface area contributed by atoms with E-state index in [0.29, 0.717) is 31.1 Å². The van der Waals surface area contributed by atoms with E-state index in [1.807, 2.05) is 46.2 Å². The Labute approximate surface area is 238 Å². The van der Waals surface area contributed by atoms with Crippen molar-refractivity contribution in [1.29, 1.82) is 0 Å². The van der Waals surface area contributed by atoms with Crippen molar-refractivity contribution in [2.24, 2.45) is 0 Å². The number of ether oxygens (including phenoxy) is 2. The maximum Gasteiger partial charge on any atom is 0.246 e. The van der Waals surface area contributed by atoms with Gasteiger partial charge in [0.05, 0.1) is 6.04 Å². The van der Waals surface area contributed by atoms with E-state index in [1.54, 1.807) is 0 Å². The molecule has 2 amide bonds. The molecular weight excluding hydrogens is 516 g/mol. The van der Waals surface area contributed by atoms with Crippen molar-refractivity contribution < 1.29 is 19.1 Å². The number of likely N-dealkylation sites (tertiary alicyclic amines) is 1. The zero-order valence-corrected chi connectivity index (χ0v) is 22.8. The largest absolute Gasteiger partial charge is 0.486 e. The standard InChI is InChI=1S/C33H32N4O4/c38-30-20-36(23-12-13-35(19-23)18-21-6-2-1-3-7-21)33(39)27-17-25-24-8-4-5-9-26(24)34-31(25)32(37(27)30)22-10-11-28-29(16-22)41-15-14-40-28/h1-11,16,23,27,32,34H,12-15,17-20H2/t23-,27-,32-/m1/s1. The lowest BCUT2D eigenvalue weighted by Crippen LogP contribution is -2.65. The molecule has 8 rings (SSSR count). The van der Waals surface area contributed by atoms with Crippen molar-refractivity contribution in [3.63, 3.8) is 0 Å². The topological polar surface area (TPSA) is 78.1 Å². The fourth-order valence-corrected chi connectivity index (χ4v) is 7.22. The molecule has 0 unspecified atom stereocenters. The van der Waals surface area contributed by atoms with Crippen LogP contribution in [-0.2, 0) is 22.6 Å². The smallest absolute Gasteiger partial charge is 0.246 e. The van der Waals surface area contributed by atoms with Gasteiger partial charge in [-0.2, -0.15) is 0 Å². The second-order valence-corrected chi connectivity index (χ2v) is 11.5. The van der Waals surface area contributed by atoms with E-state index in [9.17, 15) is 9.59 Å². The number of fused-ring (bicyclic) bond motifs is 5. The number of aromatic amines is 1. The summed E-state index contributed by atoms with van der Waals surface area (Å²) in [7, 11) is 0. The van der Waals surface area contributed by atoms with Gasteiger partial charge in [-0.25, -0.2) is 0 Å². The average Bonchev–Trinajstić information content (AvgIpc) is 3.62. The van der Waals surface area contributed by atoms with Crippen molar-refractivity contribution in [1.82, 2.24) is 19.7 Å². The number of hydrogen-bond acceptors (Lipinski definition) is 5. The number of benzene rings is 3. The summed E-state index contributed by atoms with van der Waals surface area (Å²) in [6.07, 6.45) is 1.38. The highest BCUT2D eigenvalue weighted by atomic mass is 16.6. The SMILES string of the molecule is O=C1[C@H]2Cc3c([nH]c4ccccc34)[C@@H](c3ccc4c(c3)OCCO4)N2C(=O)CN1[C@@H]1CCN(Cc2ccccc2)C1. The Morgan fingerprint density at radius 1 is 0.902 bits per heavy atom. The van der Waals surface area contributed by atoms with Crippen LogP contribution in [0.15, 0.2) is 72.8 Å². The van der Waals surface area contributed by atoms with Gasteiger partial charge in [-0.3, -0.25) is 14.5 Å². The highest BCUT2D eigenvalue weighted by molar-refractivity contribution is 5.98. The number of carbonyl (C=O) groups excluding carboxylic acids is 2. The Morgan fingerprint density at radius 3 is 2.59 bits per heavy atom. The van der Waals surface area contributed by atoms with Crippen molar-refractivity contribution in [3.8, 4) is 11.5 Å². The third-order valence-electron chi connectivity index (χ3n) is 9.11. The first-order chi connectivity index (χ1) is 20.1.